The van der Waals surface area contributed by atoms with Gasteiger partial charge in [-0.3, -0.25) is 0 Å². The molecule has 1 aromatic carbocycles. The van der Waals surface area contributed by atoms with Crippen LogP contribution in [0.3, 0.4) is 0 Å². The molecule has 2 aliphatic rings. The molecule has 1 nitrogen and oxygen atoms in total. The minimum absolute atomic E-state index is 0.160. The summed E-state index contributed by atoms with van der Waals surface area (Å²) in [7, 11) is 0. The first-order valence-corrected chi connectivity index (χ1v) is 7.64. The molecule has 1 N–H and O–H groups in total. The highest BCUT2D eigenvalue weighted by molar-refractivity contribution is 9.10. The van der Waals surface area contributed by atoms with Crippen molar-refractivity contribution in [3.8, 4) is 0 Å². The lowest BCUT2D eigenvalue weighted by atomic mass is 9.66. The molecule has 1 aliphatic heterocycles. The van der Waals surface area contributed by atoms with E-state index in [1.165, 1.54) is 31.2 Å². The maximum Gasteiger partial charge on any atom is 0.124 e. The van der Waals surface area contributed by atoms with Gasteiger partial charge in [-0.05, 0) is 42.9 Å². The van der Waals surface area contributed by atoms with Crippen LogP contribution in [-0.2, 0) is 6.42 Å². The van der Waals surface area contributed by atoms with Crippen molar-refractivity contribution >= 4 is 15.9 Å². The lowest BCUT2D eigenvalue weighted by Crippen LogP contribution is -2.58. The molecule has 1 heterocycles. The molecule has 0 spiro atoms. The highest BCUT2D eigenvalue weighted by Gasteiger charge is 2.44. The van der Waals surface area contributed by atoms with E-state index in [4.69, 9.17) is 0 Å². The molecule has 0 bridgehead atoms. The summed E-state index contributed by atoms with van der Waals surface area (Å²) in [6, 6.07) is 5.10. The summed E-state index contributed by atoms with van der Waals surface area (Å²) >= 11 is 3.50. The minimum atomic E-state index is -0.160. The third kappa shape index (κ3) is 2.23. The zero-order valence-electron chi connectivity index (χ0n) is 10.5. The van der Waals surface area contributed by atoms with Gasteiger partial charge in [-0.1, -0.05) is 34.8 Å². The number of rotatable bonds is 3. The average Bonchev–Trinajstić information content (AvgIpc) is 2.79. The third-order valence-electron chi connectivity index (χ3n) is 4.73. The predicted octanol–water partition coefficient (Wildman–Crippen LogP) is 3.91. The van der Waals surface area contributed by atoms with E-state index in [1.807, 2.05) is 6.07 Å². The van der Waals surface area contributed by atoms with Crippen molar-refractivity contribution in [3.63, 3.8) is 0 Å². The van der Waals surface area contributed by atoms with Gasteiger partial charge in [0, 0.05) is 23.0 Å². The Balaban J connectivity index is 1.80. The number of halogens is 2. The summed E-state index contributed by atoms with van der Waals surface area (Å²) in [5.41, 5.74) is 1.68. The molecular weight excluding hydrogens is 293 g/mol. The topological polar surface area (TPSA) is 12.0 Å². The van der Waals surface area contributed by atoms with Gasteiger partial charge in [0.1, 0.15) is 5.82 Å². The summed E-state index contributed by atoms with van der Waals surface area (Å²) in [4.78, 5) is 0. The Morgan fingerprint density at radius 3 is 2.56 bits per heavy atom. The summed E-state index contributed by atoms with van der Waals surface area (Å²) < 4.78 is 14.1. The van der Waals surface area contributed by atoms with Gasteiger partial charge >= 0.3 is 0 Å². The quantitative estimate of drug-likeness (QED) is 0.892. The van der Waals surface area contributed by atoms with Crippen LogP contribution >= 0.6 is 15.9 Å². The fourth-order valence-corrected chi connectivity index (χ4v) is 4.08. The van der Waals surface area contributed by atoms with Gasteiger partial charge in [0.2, 0.25) is 0 Å². The fraction of sp³-hybridized carbons (Fsp3) is 0.600. The predicted molar refractivity (Wildman–Crippen MR) is 75.1 cm³/mol. The maximum atomic E-state index is 13.1. The zero-order chi connectivity index (χ0) is 12.6. The van der Waals surface area contributed by atoms with Crippen molar-refractivity contribution in [1.82, 2.24) is 5.32 Å². The second-order valence-corrected chi connectivity index (χ2v) is 6.71. The highest BCUT2D eigenvalue weighted by Crippen LogP contribution is 2.45. The van der Waals surface area contributed by atoms with Crippen molar-refractivity contribution in [1.29, 1.82) is 0 Å². The standard InChI is InChI=1S/C15H19BrFN/c16-14-7-13(17)6-5-11(14)8-15(9-18-10-15)12-3-1-2-4-12/h5-7,12,18H,1-4,8-10H2. The Morgan fingerprint density at radius 2 is 2.00 bits per heavy atom. The molecule has 0 atom stereocenters. The SMILES string of the molecule is Fc1ccc(CC2(C3CCCC3)CNC2)c(Br)c1. The van der Waals surface area contributed by atoms with E-state index >= 15 is 0 Å². The summed E-state index contributed by atoms with van der Waals surface area (Å²) in [6.07, 6.45) is 6.60. The first-order chi connectivity index (χ1) is 8.70. The largest absolute Gasteiger partial charge is 0.315 e. The van der Waals surface area contributed by atoms with Crippen LogP contribution in [-0.4, -0.2) is 13.1 Å². The van der Waals surface area contributed by atoms with E-state index in [0.29, 0.717) is 5.41 Å². The molecule has 0 amide bonds. The molecule has 1 saturated carbocycles. The van der Waals surface area contributed by atoms with E-state index < -0.39 is 0 Å². The number of benzene rings is 1. The van der Waals surface area contributed by atoms with Gasteiger partial charge < -0.3 is 5.32 Å². The average molecular weight is 312 g/mol. The van der Waals surface area contributed by atoms with Crippen molar-refractivity contribution in [2.45, 2.75) is 32.1 Å². The van der Waals surface area contributed by atoms with Crippen LogP contribution in [0.5, 0.6) is 0 Å². The van der Waals surface area contributed by atoms with Gasteiger partial charge in [0.05, 0.1) is 0 Å². The van der Waals surface area contributed by atoms with Crippen LogP contribution in [0.1, 0.15) is 31.2 Å². The second kappa shape index (κ2) is 4.93. The Hall–Kier alpha value is -0.410. The molecule has 0 aromatic heterocycles. The van der Waals surface area contributed by atoms with Crippen LogP contribution in [0.25, 0.3) is 0 Å². The second-order valence-electron chi connectivity index (χ2n) is 5.86. The van der Waals surface area contributed by atoms with Crippen LogP contribution in [0.2, 0.25) is 0 Å². The van der Waals surface area contributed by atoms with E-state index in [0.717, 1.165) is 29.9 Å². The van der Waals surface area contributed by atoms with Gasteiger partial charge in [-0.2, -0.15) is 0 Å². The number of nitrogens with one attached hydrogen (secondary N) is 1. The van der Waals surface area contributed by atoms with Crippen LogP contribution in [0.4, 0.5) is 4.39 Å². The molecule has 0 radical (unpaired) electrons. The van der Waals surface area contributed by atoms with Crippen LogP contribution in [0.15, 0.2) is 22.7 Å². The lowest BCUT2D eigenvalue weighted by Gasteiger charge is -2.48. The summed E-state index contributed by atoms with van der Waals surface area (Å²) in [5.74, 6) is 0.697. The molecule has 1 saturated heterocycles. The minimum Gasteiger partial charge on any atom is -0.315 e. The van der Waals surface area contributed by atoms with Gasteiger partial charge in [0.15, 0.2) is 0 Å². The van der Waals surface area contributed by atoms with Gasteiger partial charge in [0.25, 0.3) is 0 Å². The Labute approximate surface area is 116 Å². The molecule has 18 heavy (non-hydrogen) atoms. The molecule has 3 heteroatoms. The van der Waals surface area contributed by atoms with Gasteiger partial charge in [-0.15, -0.1) is 0 Å². The Kier molecular flexibility index (Phi) is 3.46. The Bertz CT molecular complexity index is 436. The van der Waals surface area contributed by atoms with Crippen molar-refractivity contribution in [2.24, 2.45) is 11.3 Å². The molecule has 0 unspecified atom stereocenters. The van der Waals surface area contributed by atoms with Crippen LogP contribution < -0.4 is 5.32 Å². The summed E-state index contributed by atoms with van der Waals surface area (Å²) in [5, 5.41) is 3.44. The number of hydrogen-bond donors (Lipinski definition) is 1. The van der Waals surface area contributed by atoms with E-state index in [-0.39, 0.29) is 5.82 Å². The van der Waals surface area contributed by atoms with Crippen LogP contribution in [0, 0.1) is 17.2 Å². The summed E-state index contributed by atoms with van der Waals surface area (Å²) in [6.45, 7) is 2.25. The van der Waals surface area contributed by atoms with E-state index in [2.05, 4.69) is 21.2 Å². The third-order valence-corrected chi connectivity index (χ3v) is 5.47. The Morgan fingerprint density at radius 1 is 1.28 bits per heavy atom. The molecule has 1 aromatic rings. The molecule has 98 valence electrons. The first kappa shape index (κ1) is 12.6. The normalized spacial score (nSPS) is 23.0. The van der Waals surface area contributed by atoms with Crippen molar-refractivity contribution < 1.29 is 4.39 Å². The molecule has 1 aliphatic carbocycles. The van der Waals surface area contributed by atoms with Crippen molar-refractivity contribution in [3.05, 3.63) is 34.1 Å². The molecule has 3 rings (SSSR count). The van der Waals surface area contributed by atoms with Crippen molar-refractivity contribution in [2.75, 3.05) is 13.1 Å². The van der Waals surface area contributed by atoms with Gasteiger partial charge in [-0.25, -0.2) is 4.39 Å². The molecule has 2 fully saturated rings. The highest BCUT2D eigenvalue weighted by atomic mass is 79.9. The maximum absolute atomic E-state index is 13.1. The number of hydrogen-bond acceptors (Lipinski definition) is 1. The fourth-order valence-electron chi connectivity index (χ4n) is 3.59. The molecular formula is C15H19BrFN. The lowest BCUT2D eigenvalue weighted by molar-refractivity contribution is 0.0809. The first-order valence-electron chi connectivity index (χ1n) is 6.84. The monoisotopic (exact) mass is 311 g/mol. The smallest absolute Gasteiger partial charge is 0.124 e. The van der Waals surface area contributed by atoms with E-state index in [9.17, 15) is 4.39 Å². The van der Waals surface area contributed by atoms with E-state index in [1.54, 1.807) is 12.1 Å². The zero-order valence-corrected chi connectivity index (χ0v) is 12.1.